The second kappa shape index (κ2) is 8.78. The molecular formula is C22H25NO5. The number of anilines is 1. The van der Waals surface area contributed by atoms with Crippen LogP contribution in [0.2, 0.25) is 0 Å². The van der Waals surface area contributed by atoms with Crippen LogP contribution in [0.1, 0.15) is 25.8 Å². The lowest BCUT2D eigenvalue weighted by Gasteiger charge is -2.35. The van der Waals surface area contributed by atoms with Gasteiger partial charge in [-0.2, -0.15) is 0 Å². The molecule has 0 fully saturated rings. The summed E-state index contributed by atoms with van der Waals surface area (Å²) < 4.78 is 15.9. The minimum absolute atomic E-state index is 0.0640. The zero-order chi connectivity index (χ0) is 20.1. The molecule has 0 saturated heterocycles. The van der Waals surface area contributed by atoms with Crippen LogP contribution in [-0.4, -0.2) is 37.7 Å². The number of esters is 1. The van der Waals surface area contributed by atoms with Crippen molar-refractivity contribution in [3.8, 4) is 11.5 Å². The van der Waals surface area contributed by atoms with Gasteiger partial charge in [-0.1, -0.05) is 18.2 Å². The minimum Gasteiger partial charge on any atom is -0.497 e. The Morgan fingerprint density at radius 3 is 2.50 bits per heavy atom. The second-order valence-corrected chi connectivity index (χ2v) is 6.82. The summed E-state index contributed by atoms with van der Waals surface area (Å²) in [6.45, 7) is 3.29. The van der Waals surface area contributed by atoms with Gasteiger partial charge in [-0.15, -0.1) is 0 Å². The van der Waals surface area contributed by atoms with Crippen molar-refractivity contribution in [3.63, 3.8) is 0 Å². The van der Waals surface area contributed by atoms with Crippen molar-refractivity contribution in [2.75, 3.05) is 18.6 Å². The van der Waals surface area contributed by atoms with Gasteiger partial charge >= 0.3 is 5.97 Å². The molecule has 2 aromatic carbocycles. The number of benzene rings is 2. The van der Waals surface area contributed by atoms with Gasteiger partial charge in [-0.3, -0.25) is 4.79 Å². The first-order chi connectivity index (χ1) is 13.5. The largest absolute Gasteiger partial charge is 0.497 e. The third-order valence-electron chi connectivity index (χ3n) is 4.83. The molecule has 0 aromatic heterocycles. The molecule has 0 N–H and O–H groups in total. The van der Waals surface area contributed by atoms with E-state index in [1.54, 1.807) is 43.2 Å². The smallest absolute Gasteiger partial charge is 0.347 e. The first kappa shape index (κ1) is 19.7. The van der Waals surface area contributed by atoms with Gasteiger partial charge in [-0.25, -0.2) is 4.79 Å². The predicted molar refractivity (Wildman–Crippen MR) is 106 cm³/mol. The molecule has 3 rings (SSSR count). The molecule has 28 heavy (non-hydrogen) atoms. The Bertz CT molecular complexity index is 833. The number of rotatable bonds is 6. The van der Waals surface area contributed by atoms with Gasteiger partial charge < -0.3 is 19.1 Å². The van der Waals surface area contributed by atoms with Crippen LogP contribution in [0.4, 0.5) is 5.69 Å². The lowest BCUT2D eigenvalue weighted by Crippen LogP contribution is -2.44. The first-order valence-corrected chi connectivity index (χ1v) is 9.37. The van der Waals surface area contributed by atoms with Crippen LogP contribution in [0, 0.1) is 0 Å². The number of carbonyl (C=O) groups is 2. The summed E-state index contributed by atoms with van der Waals surface area (Å²) in [6, 6.07) is 14.8. The van der Waals surface area contributed by atoms with E-state index in [4.69, 9.17) is 14.2 Å². The number of aryl methyl sites for hydroxylation is 1. The molecule has 2 unspecified atom stereocenters. The van der Waals surface area contributed by atoms with Crippen LogP contribution in [0.25, 0.3) is 0 Å². The van der Waals surface area contributed by atoms with Gasteiger partial charge in [0.05, 0.1) is 7.11 Å². The van der Waals surface area contributed by atoms with Gasteiger partial charge in [0.2, 0.25) is 0 Å². The van der Waals surface area contributed by atoms with E-state index in [9.17, 15) is 9.59 Å². The molecule has 1 amide bonds. The van der Waals surface area contributed by atoms with E-state index in [1.807, 2.05) is 31.2 Å². The number of methoxy groups -OCH3 is 1. The lowest BCUT2D eigenvalue weighted by molar-refractivity contribution is -0.154. The Morgan fingerprint density at radius 1 is 1.11 bits per heavy atom. The van der Waals surface area contributed by atoms with Crippen molar-refractivity contribution in [1.82, 2.24) is 0 Å². The molecule has 6 nitrogen and oxygen atoms in total. The Morgan fingerprint density at radius 2 is 1.79 bits per heavy atom. The number of hydrogen-bond acceptors (Lipinski definition) is 5. The van der Waals surface area contributed by atoms with Gasteiger partial charge in [0, 0.05) is 11.7 Å². The quantitative estimate of drug-likeness (QED) is 0.716. The maximum absolute atomic E-state index is 12.7. The van der Waals surface area contributed by atoms with Crippen molar-refractivity contribution in [1.29, 1.82) is 0 Å². The highest BCUT2D eigenvalue weighted by molar-refractivity contribution is 5.97. The summed E-state index contributed by atoms with van der Waals surface area (Å²) in [6.07, 6.45) is 0.994. The summed E-state index contributed by atoms with van der Waals surface area (Å²) in [7, 11) is 1.58. The van der Waals surface area contributed by atoms with Gasteiger partial charge in [0.15, 0.2) is 12.7 Å². The first-order valence-electron chi connectivity index (χ1n) is 9.37. The van der Waals surface area contributed by atoms with E-state index in [0.717, 1.165) is 24.1 Å². The normalized spacial score (nSPS) is 16.7. The highest BCUT2D eigenvalue weighted by Gasteiger charge is 2.29. The standard InChI is InChI=1S/C22H25NO5/c1-15-8-9-17-6-4-5-7-20(17)23(15)21(24)14-27-22(25)16(2)28-19-12-10-18(26-3)11-13-19/h4-7,10-13,15-16H,8-9,14H2,1-3H3. The number of fused-ring (bicyclic) bond motifs is 1. The molecule has 1 aliphatic rings. The molecular weight excluding hydrogens is 358 g/mol. The van der Waals surface area contributed by atoms with Crippen molar-refractivity contribution >= 4 is 17.6 Å². The molecule has 0 bridgehead atoms. The Hall–Kier alpha value is -3.02. The summed E-state index contributed by atoms with van der Waals surface area (Å²) >= 11 is 0. The number of carbonyl (C=O) groups excluding carboxylic acids is 2. The molecule has 0 radical (unpaired) electrons. The van der Waals surface area contributed by atoms with Crippen LogP contribution in [-0.2, 0) is 20.7 Å². The number of nitrogens with zero attached hydrogens (tertiary/aromatic N) is 1. The summed E-state index contributed by atoms with van der Waals surface area (Å²) in [5.41, 5.74) is 2.03. The highest BCUT2D eigenvalue weighted by atomic mass is 16.6. The van der Waals surface area contributed by atoms with E-state index in [0.29, 0.717) is 11.5 Å². The predicted octanol–water partition coefficient (Wildman–Crippen LogP) is 3.37. The Kier molecular flexibility index (Phi) is 6.19. The van der Waals surface area contributed by atoms with Crippen LogP contribution in [0.3, 0.4) is 0 Å². The Balaban J connectivity index is 1.57. The topological polar surface area (TPSA) is 65.1 Å². The summed E-state index contributed by atoms with van der Waals surface area (Å²) in [4.78, 5) is 26.7. The molecule has 2 atom stereocenters. The molecule has 0 saturated carbocycles. The average molecular weight is 383 g/mol. The molecule has 0 spiro atoms. The van der Waals surface area contributed by atoms with Crippen LogP contribution < -0.4 is 14.4 Å². The van der Waals surface area contributed by atoms with E-state index in [1.165, 1.54) is 0 Å². The minimum atomic E-state index is -0.827. The number of hydrogen-bond donors (Lipinski definition) is 0. The number of para-hydroxylation sites is 1. The molecule has 6 heteroatoms. The summed E-state index contributed by atoms with van der Waals surface area (Å²) in [5.74, 6) is 0.408. The van der Waals surface area contributed by atoms with E-state index in [2.05, 4.69) is 0 Å². The van der Waals surface area contributed by atoms with Crippen molar-refractivity contribution in [3.05, 3.63) is 54.1 Å². The maximum Gasteiger partial charge on any atom is 0.347 e. The zero-order valence-corrected chi connectivity index (χ0v) is 16.4. The fourth-order valence-electron chi connectivity index (χ4n) is 3.29. The van der Waals surface area contributed by atoms with Crippen molar-refractivity contribution < 1.29 is 23.8 Å². The Labute approximate surface area is 165 Å². The summed E-state index contributed by atoms with van der Waals surface area (Å²) in [5, 5.41) is 0. The SMILES string of the molecule is COc1ccc(OC(C)C(=O)OCC(=O)N2c3ccccc3CCC2C)cc1. The molecule has 148 valence electrons. The third kappa shape index (κ3) is 4.44. The fourth-order valence-corrected chi connectivity index (χ4v) is 3.29. The van der Waals surface area contributed by atoms with E-state index < -0.39 is 12.1 Å². The maximum atomic E-state index is 12.7. The van der Waals surface area contributed by atoms with Crippen LogP contribution in [0.15, 0.2) is 48.5 Å². The molecule has 0 aliphatic carbocycles. The lowest BCUT2D eigenvalue weighted by atomic mass is 9.96. The monoisotopic (exact) mass is 383 g/mol. The molecule has 2 aromatic rings. The number of ether oxygens (including phenoxy) is 3. The fraction of sp³-hybridized carbons (Fsp3) is 0.364. The van der Waals surface area contributed by atoms with Gasteiger partial charge in [0.1, 0.15) is 11.5 Å². The average Bonchev–Trinajstić information content (AvgIpc) is 2.72. The van der Waals surface area contributed by atoms with E-state index in [-0.39, 0.29) is 18.6 Å². The van der Waals surface area contributed by atoms with Gasteiger partial charge in [0.25, 0.3) is 5.91 Å². The highest BCUT2D eigenvalue weighted by Crippen LogP contribution is 2.30. The van der Waals surface area contributed by atoms with Crippen LogP contribution in [0.5, 0.6) is 11.5 Å². The van der Waals surface area contributed by atoms with Crippen LogP contribution >= 0.6 is 0 Å². The van der Waals surface area contributed by atoms with Crippen molar-refractivity contribution in [2.24, 2.45) is 0 Å². The zero-order valence-electron chi connectivity index (χ0n) is 16.4. The molecule has 1 aliphatic heterocycles. The number of amides is 1. The molecule has 1 heterocycles. The van der Waals surface area contributed by atoms with Gasteiger partial charge in [-0.05, 0) is 62.6 Å². The van der Waals surface area contributed by atoms with Crippen molar-refractivity contribution in [2.45, 2.75) is 38.8 Å². The van der Waals surface area contributed by atoms with E-state index >= 15 is 0 Å². The second-order valence-electron chi connectivity index (χ2n) is 6.82. The third-order valence-corrected chi connectivity index (χ3v) is 4.83.